The molecule has 2 N–H and O–H groups in total. The first-order valence-electron chi connectivity index (χ1n) is 5.44. The highest BCUT2D eigenvalue weighted by molar-refractivity contribution is 4.70. The van der Waals surface area contributed by atoms with Gasteiger partial charge in [-0.25, -0.2) is 0 Å². The molecule has 0 amide bonds. The lowest BCUT2D eigenvalue weighted by Crippen LogP contribution is -2.44. The molecule has 0 aliphatic carbocycles. The van der Waals surface area contributed by atoms with E-state index in [0.29, 0.717) is 12.7 Å². The Bertz CT molecular complexity index is 144. The lowest BCUT2D eigenvalue weighted by Gasteiger charge is -2.30. The number of aliphatic hydroxyl groups is 1. The molecule has 1 atom stereocenters. The molecule has 1 unspecified atom stereocenters. The van der Waals surface area contributed by atoms with Crippen LogP contribution in [0.4, 0.5) is 0 Å². The molecule has 0 bridgehead atoms. The van der Waals surface area contributed by atoms with E-state index in [-0.39, 0.29) is 0 Å². The lowest BCUT2D eigenvalue weighted by atomic mass is 10.2. The van der Waals surface area contributed by atoms with E-state index in [1.165, 1.54) is 0 Å². The number of nitrogens with one attached hydrogen (secondary N) is 1. The van der Waals surface area contributed by atoms with Crippen molar-refractivity contribution < 1.29 is 9.84 Å². The first-order chi connectivity index (χ1) is 6.83. The summed E-state index contributed by atoms with van der Waals surface area (Å²) in [5.41, 5.74) is 0. The van der Waals surface area contributed by atoms with Crippen LogP contribution in [-0.2, 0) is 4.74 Å². The van der Waals surface area contributed by atoms with Gasteiger partial charge in [-0.15, -0.1) is 0 Å². The van der Waals surface area contributed by atoms with Crippen molar-refractivity contribution in [3.8, 4) is 0 Å². The number of rotatable bonds is 6. The number of ether oxygens (including phenoxy) is 1. The molecule has 1 fully saturated rings. The van der Waals surface area contributed by atoms with Crippen molar-refractivity contribution >= 4 is 0 Å². The first-order valence-corrected chi connectivity index (χ1v) is 5.44. The predicted octanol–water partition coefficient (Wildman–Crippen LogP) is -0.321. The summed E-state index contributed by atoms with van der Waals surface area (Å²) in [6.45, 7) is 5.11. The zero-order chi connectivity index (χ0) is 10.2. The van der Waals surface area contributed by atoms with Crippen molar-refractivity contribution in [3.05, 3.63) is 0 Å². The van der Waals surface area contributed by atoms with Crippen LogP contribution in [0.15, 0.2) is 0 Å². The quantitative estimate of drug-likeness (QED) is 0.579. The molecular formula is C10H22N2O2. The van der Waals surface area contributed by atoms with E-state index in [9.17, 15) is 0 Å². The van der Waals surface area contributed by atoms with Crippen LogP contribution in [-0.4, -0.2) is 62.6 Å². The van der Waals surface area contributed by atoms with Crippen LogP contribution >= 0.6 is 0 Å². The van der Waals surface area contributed by atoms with Gasteiger partial charge in [0.05, 0.1) is 12.7 Å². The third-order valence-corrected chi connectivity index (χ3v) is 2.48. The molecule has 0 aromatic rings. The van der Waals surface area contributed by atoms with Crippen molar-refractivity contribution in [2.45, 2.75) is 18.9 Å². The number of hydrogen-bond donors (Lipinski definition) is 2. The molecule has 84 valence electrons. The Morgan fingerprint density at radius 2 is 2.36 bits per heavy atom. The fraction of sp³-hybridized carbons (Fsp3) is 1.00. The van der Waals surface area contributed by atoms with Gasteiger partial charge in [-0.1, -0.05) is 0 Å². The van der Waals surface area contributed by atoms with Crippen molar-refractivity contribution in [1.29, 1.82) is 0 Å². The Hall–Kier alpha value is -0.160. The minimum Gasteiger partial charge on any atom is -0.396 e. The van der Waals surface area contributed by atoms with Crippen molar-refractivity contribution in [2.75, 3.05) is 46.4 Å². The Kier molecular flexibility index (Phi) is 6.10. The van der Waals surface area contributed by atoms with E-state index >= 15 is 0 Å². The van der Waals surface area contributed by atoms with Gasteiger partial charge in [0, 0.05) is 26.2 Å². The highest BCUT2D eigenvalue weighted by Gasteiger charge is 2.16. The minimum absolute atomic E-state index is 0.296. The molecular weight excluding hydrogens is 180 g/mol. The van der Waals surface area contributed by atoms with E-state index in [1.807, 2.05) is 0 Å². The second-order valence-electron chi connectivity index (χ2n) is 3.89. The molecule has 4 heteroatoms. The van der Waals surface area contributed by atoms with E-state index < -0.39 is 0 Å². The number of morpholine rings is 1. The van der Waals surface area contributed by atoms with E-state index in [1.54, 1.807) is 0 Å². The molecule has 1 heterocycles. The average Bonchev–Trinajstić information content (AvgIpc) is 2.18. The largest absolute Gasteiger partial charge is 0.396 e. The summed E-state index contributed by atoms with van der Waals surface area (Å²) in [6.07, 6.45) is 2.26. The number of aliphatic hydroxyl groups excluding tert-OH is 1. The van der Waals surface area contributed by atoms with Crippen molar-refractivity contribution in [3.63, 3.8) is 0 Å². The molecule has 1 aliphatic rings. The van der Waals surface area contributed by atoms with E-state index in [0.717, 1.165) is 45.6 Å². The van der Waals surface area contributed by atoms with Crippen LogP contribution in [0.1, 0.15) is 12.8 Å². The molecule has 0 spiro atoms. The maximum atomic E-state index is 8.59. The summed E-state index contributed by atoms with van der Waals surface area (Å²) in [5.74, 6) is 0. The Balaban J connectivity index is 1.95. The van der Waals surface area contributed by atoms with Crippen LogP contribution in [0.3, 0.4) is 0 Å². The van der Waals surface area contributed by atoms with Gasteiger partial charge in [0.15, 0.2) is 0 Å². The van der Waals surface area contributed by atoms with Crippen LogP contribution in [0, 0.1) is 0 Å². The molecule has 1 saturated heterocycles. The van der Waals surface area contributed by atoms with Crippen LogP contribution in [0.5, 0.6) is 0 Å². The van der Waals surface area contributed by atoms with Gasteiger partial charge in [0.1, 0.15) is 0 Å². The minimum atomic E-state index is 0.296. The third-order valence-electron chi connectivity index (χ3n) is 2.48. The Morgan fingerprint density at radius 3 is 3.07 bits per heavy atom. The normalized spacial score (nSPS) is 24.0. The van der Waals surface area contributed by atoms with Crippen molar-refractivity contribution in [1.82, 2.24) is 10.2 Å². The van der Waals surface area contributed by atoms with Gasteiger partial charge in [-0.3, -0.25) is 0 Å². The maximum Gasteiger partial charge on any atom is 0.0826 e. The Labute approximate surface area is 86.2 Å². The number of nitrogens with zero attached hydrogens (tertiary/aromatic N) is 1. The topological polar surface area (TPSA) is 44.7 Å². The van der Waals surface area contributed by atoms with Gasteiger partial charge < -0.3 is 20.1 Å². The highest BCUT2D eigenvalue weighted by atomic mass is 16.5. The van der Waals surface area contributed by atoms with E-state index in [2.05, 4.69) is 17.3 Å². The highest BCUT2D eigenvalue weighted by Crippen LogP contribution is 2.01. The SMILES string of the molecule is CN1CCOC(CNCCCCO)C1. The lowest BCUT2D eigenvalue weighted by molar-refractivity contribution is -0.0180. The summed E-state index contributed by atoms with van der Waals surface area (Å²) in [4.78, 5) is 2.30. The van der Waals surface area contributed by atoms with Crippen molar-refractivity contribution in [2.24, 2.45) is 0 Å². The van der Waals surface area contributed by atoms with Crippen LogP contribution in [0.2, 0.25) is 0 Å². The smallest absolute Gasteiger partial charge is 0.0826 e. The zero-order valence-electron chi connectivity index (χ0n) is 9.04. The predicted molar refractivity (Wildman–Crippen MR) is 56.4 cm³/mol. The summed E-state index contributed by atoms with van der Waals surface area (Å²) < 4.78 is 5.60. The van der Waals surface area contributed by atoms with Gasteiger partial charge in [0.25, 0.3) is 0 Å². The molecule has 0 saturated carbocycles. The molecule has 14 heavy (non-hydrogen) atoms. The fourth-order valence-corrected chi connectivity index (χ4v) is 1.62. The van der Waals surface area contributed by atoms with Gasteiger partial charge in [0.2, 0.25) is 0 Å². The van der Waals surface area contributed by atoms with Gasteiger partial charge >= 0.3 is 0 Å². The third kappa shape index (κ3) is 4.91. The number of likely N-dealkylation sites (N-methyl/N-ethyl adjacent to an activating group) is 1. The molecule has 0 aromatic heterocycles. The molecule has 4 nitrogen and oxygen atoms in total. The zero-order valence-corrected chi connectivity index (χ0v) is 9.04. The molecule has 1 aliphatic heterocycles. The van der Waals surface area contributed by atoms with E-state index in [4.69, 9.17) is 9.84 Å². The summed E-state index contributed by atoms with van der Waals surface area (Å²) in [7, 11) is 2.13. The van der Waals surface area contributed by atoms with Gasteiger partial charge in [-0.2, -0.15) is 0 Å². The van der Waals surface area contributed by atoms with Gasteiger partial charge in [-0.05, 0) is 26.4 Å². The average molecular weight is 202 g/mol. The summed E-state index contributed by atoms with van der Waals surface area (Å²) >= 11 is 0. The first kappa shape index (κ1) is 11.9. The monoisotopic (exact) mass is 202 g/mol. The number of unbranched alkanes of at least 4 members (excludes halogenated alkanes) is 1. The summed E-state index contributed by atoms with van der Waals surface area (Å²) in [5, 5.41) is 11.9. The standard InChI is InChI=1S/C10H22N2O2/c1-12-5-7-14-10(9-12)8-11-4-2-3-6-13/h10-11,13H,2-9H2,1H3. The number of hydrogen-bond acceptors (Lipinski definition) is 4. The fourth-order valence-electron chi connectivity index (χ4n) is 1.62. The second kappa shape index (κ2) is 7.17. The Morgan fingerprint density at radius 1 is 1.50 bits per heavy atom. The molecule has 0 aromatic carbocycles. The maximum absolute atomic E-state index is 8.59. The van der Waals surface area contributed by atoms with Crippen LogP contribution in [0.25, 0.3) is 0 Å². The molecule has 0 radical (unpaired) electrons. The molecule has 1 rings (SSSR count). The second-order valence-corrected chi connectivity index (χ2v) is 3.89. The van der Waals surface area contributed by atoms with Crippen LogP contribution < -0.4 is 5.32 Å². The summed E-state index contributed by atoms with van der Waals surface area (Å²) in [6, 6.07) is 0.